The maximum atomic E-state index is 3.26. The Balaban J connectivity index is 2.32. The van der Waals surface area contributed by atoms with E-state index in [0.717, 1.165) is 0 Å². The molecule has 0 aromatic heterocycles. The zero-order valence-electron chi connectivity index (χ0n) is 1.45. The monoisotopic (exact) mass is 432 g/mol. The molecule has 0 fully saturated rings. The van der Waals surface area contributed by atoms with Crippen molar-refractivity contribution >= 4 is 39.9 Å². The molecule has 0 saturated carbocycles. The molecule has 4 heteroatoms. The molecule has 0 radical (unpaired) electrons. The van der Waals surface area contributed by atoms with Gasteiger partial charge in [0.25, 0.3) is 0 Å². The van der Waals surface area contributed by atoms with Crippen LogP contribution in [0.15, 0.2) is 0 Å². The first kappa shape index (κ1) is 6.13. The van der Waals surface area contributed by atoms with Crippen LogP contribution < -0.4 is 0 Å². The van der Waals surface area contributed by atoms with Crippen molar-refractivity contribution in [1.29, 1.82) is 0 Å². The summed E-state index contributed by atoms with van der Waals surface area (Å²) in [5, 5.41) is 0. The van der Waals surface area contributed by atoms with Gasteiger partial charge in [0.2, 0.25) is 0 Å². The van der Waals surface area contributed by atoms with E-state index in [4.69, 9.17) is 0 Å². The van der Waals surface area contributed by atoms with Gasteiger partial charge in [-0.2, -0.15) is 0 Å². The van der Waals surface area contributed by atoms with E-state index in [1.54, 1.807) is 0 Å². The van der Waals surface area contributed by atoms with Gasteiger partial charge in [0.1, 0.15) is 0 Å². The standard InChI is InChI=1S/3BrH.Pt/h3*1H;/q;;;+3/p-3. The molecule has 0 atom stereocenters. The Morgan fingerprint density at radius 1 is 1.00 bits per heavy atom. The van der Waals surface area contributed by atoms with Gasteiger partial charge in [0, 0.05) is 0 Å². The fourth-order valence-corrected chi connectivity index (χ4v) is 0. The molecule has 0 aromatic carbocycles. The zero-order chi connectivity index (χ0) is 3.58. The normalized spacial score (nSPS) is 11.2. The van der Waals surface area contributed by atoms with Gasteiger partial charge >= 0.3 is 51.0 Å². The molecular formula is Br3Pt. The Labute approximate surface area is 50.3 Å². The number of halogens is 3. The fourth-order valence-electron chi connectivity index (χ4n) is 0. The minimum absolute atomic E-state index is 0.831. The van der Waals surface area contributed by atoms with Crippen LogP contribution in [-0.4, -0.2) is 0 Å². The first-order valence-electron chi connectivity index (χ1n) is 0.359. The van der Waals surface area contributed by atoms with Crippen LogP contribution in [0.2, 0.25) is 0 Å². The maximum absolute atomic E-state index is 3.26. The molecule has 0 rings (SSSR count). The summed E-state index contributed by atoms with van der Waals surface area (Å²) >= 11 is 8.95. The van der Waals surface area contributed by atoms with Gasteiger partial charge in [0.05, 0.1) is 0 Å². The Morgan fingerprint density at radius 2 is 1.00 bits per heavy atom. The molecule has 0 aromatic rings. The Bertz CT molecular complexity index is 8.00. The van der Waals surface area contributed by atoms with Gasteiger partial charge in [-0.15, -0.1) is 0 Å². The van der Waals surface area contributed by atoms with E-state index in [-0.39, 0.29) is 0 Å². The van der Waals surface area contributed by atoms with Crippen molar-refractivity contribution in [2.45, 2.75) is 0 Å². The van der Waals surface area contributed by atoms with Crippen LogP contribution in [0.4, 0.5) is 0 Å². The summed E-state index contributed by atoms with van der Waals surface area (Å²) < 4.78 is 0. The summed E-state index contributed by atoms with van der Waals surface area (Å²) in [6, 6.07) is 0. The van der Waals surface area contributed by atoms with Crippen LogP contribution in [0.3, 0.4) is 0 Å². The molecule has 0 spiro atoms. The molecule has 0 aliphatic heterocycles. The average Bonchev–Trinajstić information content (AvgIpc) is 0.811. The van der Waals surface area contributed by atoms with Crippen LogP contribution in [-0.2, 0) is 11.1 Å². The Hall–Kier alpha value is 2.13. The van der Waals surface area contributed by atoms with Gasteiger partial charge in [-0.25, -0.2) is 0 Å². The quantitative estimate of drug-likeness (QED) is 0.550. The van der Waals surface area contributed by atoms with E-state index in [1.807, 2.05) is 0 Å². The van der Waals surface area contributed by atoms with Crippen LogP contribution in [0.5, 0.6) is 0 Å². The molecule has 0 unspecified atom stereocenters. The first-order chi connectivity index (χ1) is 1.73. The second-order valence-corrected chi connectivity index (χ2v) is 30.0. The van der Waals surface area contributed by atoms with Crippen molar-refractivity contribution in [3.8, 4) is 0 Å². The molecule has 31 valence electrons. The number of hydrogen-bond donors (Lipinski definition) is 0. The summed E-state index contributed by atoms with van der Waals surface area (Å²) in [6.07, 6.45) is 0. The van der Waals surface area contributed by atoms with Gasteiger partial charge < -0.3 is 0 Å². The first-order valence-corrected chi connectivity index (χ1v) is 15.3. The van der Waals surface area contributed by atoms with Crippen molar-refractivity contribution in [2.75, 3.05) is 0 Å². The molecule has 0 saturated heterocycles. The van der Waals surface area contributed by atoms with Crippen LogP contribution in [0.1, 0.15) is 0 Å². The van der Waals surface area contributed by atoms with E-state index in [9.17, 15) is 0 Å². The topological polar surface area (TPSA) is 0 Å². The van der Waals surface area contributed by atoms with E-state index in [1.165, 1.54) is 0 Å². The summed E-state index contributed by atoms with van der Waals surface area (Å²) in [5.41, 5.74) is 0. The number of hydrogen-bond acceptors (Lipinski definition) is 0. The predicted octanol–water partition coefficient (Wildman–Crippen LogP) is 2.53. The van der Waals surface area contributed by atoms with Gasteiger partial charge in [-0.05, 0) is 0 Å². The van der Waals surface area contributed by atoms with Crippen LogP contribution in [0, 0.1) is 0 Å². The summed E-state index contributed by atoms with van der Waals surface area (Å²) in [4.78, 5) is 0. The SMILES string of the molecule is [Br][Pt]([Br])[Br]. The molecule has 0 aliphatic carbocycles. The molecular weight excluding hydrogens is 435 g/mol. The Morgan fingerprint density at radius 3 is 1.00 bits per heavy atom. The van der Waals surface area contributed by atoms with Crippen molar-refractivity contribution < 1.29 is 11.1 Å². The van der Waals surface area contributed by atoms with E-state index >= 15 is 0 Å². The molecule has 0 bridgehead atoms. The molecule has 4 heavy (non-hydrogen) atoms. The third-order valence-corrected chi connectivity index (χ3v) is 0. The second-order valence-electron chi connectivity index (χ2n) is 0.136. The third-order valence-electron chi connectivity index (χ3n) is 0. The van der Waals surface area contributed by atoms with Crippen molar-refractivity contribution in [3.05, 3.63) is 0 Å². The van der Waals surface area contributed by atoms with Crippen molar-refractivity contribution in [2.24, 2.45) is 0 Å². The second kappa shape index (κ2) is 3.32. The van der Waals surface area contributed by atoms with Crippen molar-refractivity contribution in [3.63, 3.8) is 0 Å². The predicted molar refractivity (Wildman–Crippen MR) is 26.8 cm³/mol. The fraction of sp³-hybridized carbons (Fsp3) is 0. The van der Waals surface area contributed by atoms with Crippen LogP contribution >= 0.6 is 39.9 Å². The number of rotatable bonds is 0. The Kier molecular flexibility index (Phi) is 5.09. The molecule has 0 heterocycles. The van der Waals surface area contributed by atoms with Gasteiger partial charge in [-0.1, -0.05) is 0 Å². The summed E-state index contributed by atoms with van der Waals surface area (Å²) in [7, 11) is 0. The van der Waals surface area contributed by atoms with E-state index in [0.29, 0.717) is 0 Å². The molecule has 0 nitrogen and oxygen atoms in total. The van der Waals surface area contributed by atoms with Gasteiger partial charge in [-0.3, -0.25) is 0 Å². The van der Waals surface area contributed by atoms with Gasteiger partial charge in [0.15, 0.2) is 0 Å². The van der Waals surface area contributed by atoms with Crippen LogP contribution in [0.25, 0.3) is 0 Å². The molecule has 0 amide bonds. The summed E-state index contributed by atoms with van der Waals surface area (Å²) in [5.74, 6) is 0. The zero-order valence-corrected chi connectivity index (χ0v) is 8.48. The minimum atomic E-state index is -0.831. The average molecular weight is 435 g/mol. The van der Waals surface area contributed by atoms with E-state index < -0.39 is 11.1 Å². The molecule has 0 aliphatic rings. The summed E-state index contributed by atoms with van der Waals surface area (Å²) in [6.45, 7) is 0. The van der Waals surface area contributed by atoms with Crippen molar-refractivity contribution in [1.82, 2.24) is 0 Å². The van der Waals surface area contributed by atoms with E-state index in [2.05, 4.69) is 39.9 Å². The molecule has 0 N–H and O–H groups in total. The third kappa shape index (κ3) is 8.92.